The molecular weight excluding hydrogens is 244 g/mol. The van der Waals surface area contributed by atoms with Gasteiger partial charge in [0.2, 0.25) is 0 Å². The van der Waals surface area contributed by atoms with Crippen molar-refractivity contribution >= 4 is 5.91 Å². The highest BCUT2D eigenvalue weighted by atomic mass is 16.5. The van der Waals surface area contributed by atoms with Crippen LogP contribution in [0.2, 0.25) is 0 Å². The Morgan fingerprint density at radius 1 is 1.47 bits per heavy atom. The van der Waals surface area contributed by atoms with E-state index in [1.54, 1.807) is 30.1 Å². The minimum atomic E-state index is -0.461. The zero-order chi connectivity index (χ0) is 13.8. The lowest BCUT2D eigenvalue weighted by molar-refractivity contribution is -0.132. The normalized spacial score (nSPS) is 18.3. The molecule has 5 nitrogen and oxygen atoms in total. The number of carbonyl (C=O) groups excluding carboxylic acids is 1. The van der Waals surface area contributed by atoms with Gasteiger partial charge in [0, 0.05) is 26.1 Å². The maximum absolute atomic E-state index is 11.8. The van der Waals surface area contributed by atoms with Crippen LogP contribution in [0.25, 0.3) is 0 Å². The summed E-state index contributed by atoms with van der Waals surface area (Å²) in [6.45, 7) is 3.03. The fraction of sp³-hybridized carbons (Fsp3) is 0.429. The zero-order valence-corrected chi connectivity index (χ0v) is 11.0. The summed E-state index contributed by atoms with van der Waals surface area (Å²) in [7, 11) is 1.76. The van der Waals surface area contributed by atoms with Crippen molar-refractivity contribution in [2.45, 2.75) is 19.4 Å². The van der Waals surface area contributed by atoms with Crippen LogP contribution in [-0.2, 0) is 4.79 Å². The largest absolute Gasteiger partial charge is 0.490 e. The molecule has 0 bridgehead atoms. The maximum atomic E-state index is 11.8. The maximum Gasteiger partial charge on any atom is 0.263 e. The minimum Gasteiger partial charge on any atom is -0.490 e. The third kappa shape index (κ3) is 2.79. The van der Waals surface area contributed by atoms with E-state index < -0.39 is 6.10 Å². The second kappa shape index (κ2) is 5.61. The van der Waals surface area contributed by atoms with E-state index in [2.05, 4.69) is 6.07 Å². The second-order valence-corrected chi connectivity index (χ2v) is 4.36. The van der Waals surface area contributed by atoms with Gasteiger partial charge >= 0.3 is 0 Å². The minimum absolute atomic E-state index is 0.0215. The second-order valence-electron chi connectivity index (χ2n) is 4.36. The Bertz CT molecular complexity index is 522. The molecule has 0 N–H and O–H groups in total. The van der Waals surface area contributed by atoms with E-state index in [1.807, 2.05) is 6.92 Å². The van der Waals surface area contributed by atoms with Crippen LogP contribution >= 0.6 is 0 Å². The molecule has 0 aliphatic carbocycles. The van der Waals surface area contributed by atoms with Crippen LogP contribution in [0.5, 0.6) is 11.5 Å². The number of ether oxygens (including phenoxy) is 2. The van der Waals surface area contributed by atoms with Crippen LogP contribution in [0, 0.1) is 11.3 Å². The molecule has 1 fully saturated rings. The van der Waals surface area contributed by atoms with Gasteiger partial charge in [-0.25, -0.2) is 0 Å². The van der Waals surface area contributed by atoms with Crippen molar-refractivity contribution in [3.05, 3.63) is 23.8 Å². The molecule has 1 amide bonds. The molecule has 1 aliphatic heterocycles. The van der Waals surface area contributed by atoms with E-state index in [-0.39, 0.29) is 5.91 Å². The van der Waals surface area contributed by atoms with Gasteiger partial charge in [0.1, 0.15) is 0 Å². The van der Waals surface area contributed by atoms with Gasteiger partial charge in [0.15, 0.2) is 17.6 Å². The predicted octanol–water partition coefficient (Wildman–Crippen LogP) is 1.57. The fourth-order valence-corrected chi connectivity index (χ4v) is 2.00. The van der Waals surface area contributed by atoms with Crippen molar-refractivity contribution in [3.8, 4) is 17.6 Å². The van der Waals surface area contributed by atoms with E-state index in [9.17, 15) is 4.79 Å². The number of nitriles is 1. The third-order valence-corrected chi connectivity index (χ3v) is 3.02. The Morgan fingerprint density at radius 3 is 2.84 bits per heavy atom. The summed E-state index contributed by atoms with van der Waals surface area (Å²) >= 11 is 0. The predicted molar refractivity (Wildman–Crippen MR) is 69.0 cm³/mol. The van der Waals surface area contributed by atoms with Gasteiger partial charge in [-0.2, -0.15) is 5.26 Å². The van der Waals surface area contributed by atoms with E-state index in [0.717, 1.165) is 0 Å². The van der Waals surface area contributed by atoms with E-state index >= 15 is 0 Å². The number of hydrogen-bond acceptors (Lipinski definition) is 4. The summed E-state index contributed by atoms with van der Waals surface area (Å²) in [5, 5.41) is 8.88. The molecule has 19 heavy (non-hydrogen) atoms. The van der Waals surface area contributed by atoms with Crippen molar-refractivity contribution in [1.29, 1.82) is 5.26 Å². The standard InChI is InChI=1S/C14H16N2O3/c1-3-18-13-8-10(9-15)4-5-11(13)19-12-6-7-16(2)14(12)17/h4-5,8,12H,3,6-7H2,1-2H3. The summed E-state index contributed by atoms with van der Waals surface area (Å²) < 4.78 is 11.2. The summed E-state index contributed by atoms with van der Waals surface area (Å²) in [4.78, 5) is 13.5. The van der Waals surface area contributed by atoms with Crippen LogP contribution < -0.4 is 9.47 Å². The van der Waals surface area contributed by atoms with Crippen molar-refractivity contribution in [3.63, 3.8) is 0 Å². The third-order valence-electron chi connectivity index (χ3n) is 3.02. The van der Waals surface area contributed by atoms with Gasteiger partial charge in [-0.15, -0.1) is 0 Å². The summed E-state index contributed by atoms with van der Waals surface area (Å²) in [6, 6.07) is 7.01. The van der Waals surface area contributed by atoms with Gasteiger partial charge in [0.25, 0.3) is 5.91 Å². The molecule has 1 atom stereocenters. The highest BCUT2D eigenvalue weighted by molar-refractivity contribution is 5.83. The molecule has 1 aromatic carbocycles. The average Bonchev–Trinajstić information content (AvgIpc) is 2.73. The first kappa shape index (κ1) is 13.2. The molecule has 0 aromatic heterocycles. The Morgan fingerprint density at radius 2 is 2.26 bits per heavy atom. The lowest BCUT2D eigenvalue weighted by Crippen LogP contribution is -2.29. The molecule has 1 heterocycles. The molecule has 1 saturated heterocycles. The first-order valence-corrected chi connectivity index (χ1v) is 6.24. The van der Waals surface area contributed by atoms with Crippen LogP contribution in [0.15, 0.2) is 18.2 Å². The first-order chi connectivity index (χ1) is 9.15. The van der Waals surface area contributed by atoms with Crippen LogP contribution in [0.1, 0.15) is 18.9 Å². The monoisotopic (exact) mass is 260 g/mol. The Labute approximate surface area is 112 Å². The van der Waals surface area contributed by atoms with Crippen molar-refractivity contribution in [2.24, 2.45) is 0 Å². The number of benzene rings is 1. The van der Waals surface area contributed by atoms with Gasteiger partial charge < -0.3 is 14.4 Å². The number of rotatable bonds is 4. The molecule has 1 unspecified atom stereocenters. The van der Waals surface area contributed by atoms with Gasteiger partial charge in [-0.05, 0) is 19.1 Å². The molecule has 5 heteroatoms. The average molecular weight is 260 g/mol. The van der Waals surface area contributed by atoms with Gasteiger partial charge in [0.05, 0.1) is 18.2 Å². The van der Waals surface area contributed by atoms with E-state index in [4.69, 9.17) is 14.7 Å². The number of nitrogens with zero attached hydrogens (tertiary/aromatic N) is 2. The van der Waals surface area contributed by atoms with Crippen molar-refractivity contribution in [1.82, 2.24) is 4.90 Å². The number of amides is 1. The molecule has 0 radical (unpaired) electrons. The summed E-state index contributed by atoms with van der Waals surface area (Å²) in [5.41, 5.74) is 0.505. The first-order valence-electron chi connectivity index (χ1n) is 6.24. The SMILES string of the molecule is CCOc1cc(C#N)ccc1OC1CCN(C)C1=O. The Hall–Kier alpha value is -2.22. The molecular formula is C14H16N2O3. The molecule has 0 saturated carbocycles. The van der Waals surface area contributed by atoms with E-state index in [1.165, 1.54) is 0 Å². The molecule has 1 aromatic rings. The number of likely N-dealkylation sites (N-methyl/N-ethyl adjacent to an activating group) is 1. The number of hydrogen-bond donors (Lipinski definition) is 0. The Kier molecular flexibility index (Phi) is 3.91. The van der Waals surface area contributed by atoms with Crippen LogP contribution in [-0.4, -0.2) is 37.1 Å². The molecule has 1 aliphatic rings. The smallest absolute Gasteiger partial charge is 0.263 e. The molecule has 2 rings (SSSR count). The summed E-state index contributed by atoms with van der Waals surface area (Å²) in [5.74, 6) is 0.991. The quantitative estimate of drug-likeness (QED) is 0.824. The number of likely N-dealkylation sites (tertiary alicyclic amines) is 1. The summed E-state index contributed by atoms with van der Waals surface area (Å²) in [6.07, 6.45) is 0.207. The lowest BCUT2D eigenvalue weighted by atomic mass is 10.2. The van der Waals surface area contributed by atoms with Crippen LogP contribution in [0.3, 0.4) is 0 Å². The zero-order valence-electron chi connectivity index (χ0n) is 11.0. The van der Waals surface area contributed by atoms with Gasteiger partial charge in [-0.1, -0.05) is 0 Å². The van der Waals surface area contributed by atoms with Crippen LogP contribution in [0.4, 0.5) is 0 Å². The number of carbonyl (C=O) groups is 1. The topological polar surface area (TPSA) is 62.6 Å². The van der Waals surface area contributed by atoms with Gasteiger partial charge in [-0.3, -0.25) is 4.79 Å². The fourth-order valence-electron chi connectivity index (χ4n) is 2.00. The molecule has 0 spiro atoms. The Balaban J connectivity index is 2.20. The van der Waals surface area contributed by atoms with Crippen molar-refractivity contribution in [2.75, 3.05) is 20.2 Å². The highest BCUT2D eigenvalue weighted by Crippen LogP contribution is 2.30. The highest BCUT2D eigenvalue weighted by Gasteiger charge is 2.31. The van der Waals surface area contributed by atoms with Crippen molar-refractivity contribution < 1.29 is 14.3 Å². The molecule has 100 valence electrons. The van der Waals surface area contributed by atoms with E-state index in [0.29, 0.717) is 36.6 Å². The lowest BCUT2D eigenvalue weighted by Gasteiger charge is -2.16.